The van der Waals surface area contributed by atoms with Crippen molar-refractivity contribution in [3.63, 3.8) is 0 Å². The quantitative estimate of drug-likeness (QED) is 0.423. The summed E-state index contributed by atoms with van der Waals surface area (Å²) < 4.78 is 4.65. The monoisotopic (exact) mass is 378 g/mol. The molecule has 1 aliphatic heterocycles. The smallest absolute Gasteiger partial charge is 0.299 e. The van der Waals surface area contributed by atoms with Gasteiger partial charge in [0.1, 0.15) is 0 Å². The summed E-state index contributed by atoms with van der Waals surface area (Å²) in [5, 5.41) is 8.48. The molecule has 0 radical (unpaired) electrons. The van der Waals surface area contributed by atoms with Crippen molar-refractivity contribution in [1.29, 1.82) is 5.41 Å². The molecular weight excluding hydrogens is 352 g/mol. The summed E-state index contributed by atoms with van der Waals surface area (Å²) in [6, 6.07) is 7.80. The standard InChI is InChI=1S/C20H27ClN2O3/c1-4-16(5-2)23-17(14-6-8-15(21)9-7-14)10-11-20(3,19(23)25)12-18(22)26-13-24/h6-9,13,16-17,22H,4-5,10-12H2,1-3H3/t17?,20-/m1/s1. The highest BCUT2D eigenvalue weighted by Crippen LogP contribution is 2.44. The third-order valence-corrected chi connectivity index (χ3v) is 5.64. The van der Waals surface area contributed by atoms with Crippen LogP contribution in [0.15, 0.2) is 24.3 Å². The summed E-state index contributed by atoms with van der Waals surface area (Å²) in [5.41, 5.74) is 0.349. The number of nitrogens with one attached hydrogen (secondary N) is 1. The predicted molar refractivity (Wildman–Crippen MR) is 102 cm³/mol. The van der Waals surface area contributed by atoms with Crippen LogP contribution < -0.4 is 0 Å². The summed E-state index contributed by atoms with van der Waals surface area (Å²) in [6.07, 6.45) is 3.30. The van der Waals surface area contributed by atoms with Crippen LogP contribution in [0.3, 0.4) is 0 Å². The van der Waals surface area contributed by atoms with E-state index in [0.717, 1.165) is 24.8 Å². The van der Waals surface area contributed by atoms with Crippen molar-refractivity contribution in [1.82, 2.24) is 4.90 Å². The van der Waals surface area contributed by atoms with Crippen LogP contribution in [0.2, 0.25) is 5.02 Å². The van der Waals surface area contributed by atoms with Crippen LogP contribution in [-0.4, -0.2) is 29.2 Å². The van der Waals surface area contributed by atoms with E-state index in [1.54, 1.807) is 0 Å². The van der Waals surface area contributed by atoms with Crippen molar-refractivity contribution in [3.05, 3.63) is 34.9 Å². The number of amides is 1. The van der Waals surface area contributed by atoms with Gasteiger partial charge in [0, 0.05) is 17.5 Å². The van der Waals surface area contributed by atoms with Crippen molar-refractivity contribution in [2.45, 2.75) is 65.0 Å². The van der Waals surface area contributed by atoms with Crippen molar-refractivity contribution < 1.29 is 14.3 Å². The topological polar surface area (TPSA) is 70.5 Å². The van der Waals surface area contributed by atoms with E-state index < -0.39 is 5.41 Å². The molecule has 0 aromatic heterocycles. The maximum absolute atomic E-state index is 13.5. The molecule has 1 saturated heterocycles. The highest BCUT2D eigenvalue weighted by Gasteiger charge is 2.46. The molecule has 1 aromatic rings. The SMILES string of the molecule is CCC(CC)N1C(=O)[C@@](C)(CC(=N)OC=O)CCC1c1ccc(Cl)cc1. The van der Waals surface area contributed by atoms with E-state index in [4.69, 9.17) is 17.0 Å². The van der Waals surface area contributed by atoms with Gasteiger partial charge in [-0.25, -0.2) is 0 Å². The lowest BCUT2D eigenvalue weighted by molar-refractivity contribution is -0.153. The van der Waals surface area contributed by atoms with E-state index in [-0.39, 0.29) is 36.8 Å². The predicted octanol–water partition coefficient (Wildman–Crippen LogP) is 4.74. The van der Waals surface area contributed by atoms with Gasteiger partial charge in [0.15, 0.2) is 5.90 Å². The summed E-state index contributed by atoms with van der Waals surface area (Å²) >= 11 is 6.02. The Morgan fingerprint density at radius 3 is 2.54 bits per heavy atom. The van der Waals surface area contributed by atoms with Gasteiger partial charge in [0.25, 0.3) is 6.47 Å². The van der Waals surface area contributed by atoms with Crippen LogP contribution in [0.5, 0.6) is 0 Å². The maximum Gasteiger partial charge on any atom is 0.299 e. The van der Waals surface area contributed by atoms with Crippen LogP contribution in [0, 0.1) is 10.8 Å². The summed E-state index contributed by atoms with van der Waals surface area (Å²) in [7, 11) is 0. The van der Waals surface area contributed by atoms with E-state index in [1.807, 2.05) is 36.1 Å². The third kappa shape index (κ3) is 4.26. The number of piperidine rings is 1. The van der Waals surface area contributed by atoms with Gasteiger partial charge in [-0.3, -0.25) is 15.0 Å². The zero-order chi connectivity index (χ0) is 19.3. The number of nitrogens with zero attached hydrogens (tertiary/aromatic N) is 1. The van der Waals surface area contributed by atoms with Crippen molar-refractivity contribution in [3.8, 4) is 0 Å². The first-order valence-electron chi connectivity index (χ1n) is 9.12. The highest BCUT2D eigenvalue weighted by atomic mass is 35.5. The van der Waals surface area contributed by atoms with Crippen LogP contribution >= 0.6 is 11.6 Å². The number of hydrogen-bond acceptors (Lipinski definition) is 4. The van der Waals surface area contributed by atoms with E-state index >= 15 is 0 Å². The zero-order valence-corrected chi connectivity index (χ0v) is 16.4. The van der Waals surface area contributed by atoms with Gasteiger partial charge in [-0.15, -0.1) is 0 Å². The fourth-order valence-electron chi connectivity index (χ4n) is 3.89. The van der Waals surface area contributed by atoms with Crippen molar-refractivity contribution in [2.75, 3.05) is 0 Å². The minimum absolute atomic E-state index is 0.00100. The summed E-state index contributed by atoms with van der Waals surface area (Å²) in [4.78, 5) is 25.9. The van der Waals surface area contributed by atoms with Crippen LogP contribution in [0.1, 0.15) is 64.5 Å². The Bertz CT molecular complexity index is 658. The molecule has 1 heterocycles. The van der Waals surface area contributed by atoms with Crippen molar-refractivity contribution in [2.24, 2.45) is 5.41 Å². The second-order valence-electron chi connectivity index (χ2n) is 7.16. The Morgan fingerprint density at radius 1 is 1.38 bits per heavy atom. The molecule has 1 amide bonds. The first-order chi connectivity index (χ1) is 12.4. The molecule has 5 nitrogen and oxygen atoms in total. The minimum Gasteiger partial charge on any atom is -0.414 e. The Kier molecular flexibility index (Phi) is 6.81. The van der Waals surface area contributed by atoms with E-state index in [2.05, 4.69) is 18.6 Å². The van der Waals surface area contributed by atoms with Crippen LogP contribution in [-0.2, 0) is 14.3 Å². The molecule has 0 spiro atoms. The van der Waals surface area contributed by atoms with Crippen molar-refractivity contribution >= 4 is 29.9 Å². The molecule has 0 bridgehead atoms. The molecule has 1 aromatic carbocycles. The number of rotatable bonds is 7. The van der Waals surface area contributed by atoms with Crippen LogP contribution in [0.4, 0.5) is 0 Å². The largest absolute Gasteiger partial charge is 0.414 e. The fraction of sp³-hybridized carbons (Fsp3) is 0.550. The Morgan fingerprint density at radius 2 is 2.00 bits per heavy atom. The number of hydrogen-bond donors (Lipinski definition) is 1. The second-order valence-corrected chi connectivity index (χ2v) is 7.60. The number of ether oxygens (including phenoxy) is 1. The summed E-state index contributed by atoms with van der Waals surface area (Å²) in [6.45, 7) is 6.29. The molecular formula is C20H27ClN2O3. The number of benzene rings is 1. The highest BCUT2D eigenvalue weighted by molar-refractivity contribution is 6.30. The number of carbonyl (C=O) groups is 2. The maximum atomic E-state index is 13.5. The van der Waals surface area contributed by atoms with E-state index in [0.29, 0.717) is 11.4 Å². The number of halogens is 1. The molecule has 2 atom stereocenters. The lowest BCUT2D eigenvalue weighted by Gasteiger charge is -2.48. The molecule has 1 N–H and O–H groups in total. The molecule has 6 heteroatoms. The first kappa shape index (κ1) is 20.4. The van der Waals surface area contributed by atoms with E-state index in [9.17, 15) is 9.59 Å². The van der Waals surface area contributed by atoms with Crippen LogP contribution in [0.25, 0.3) is 0 Å². The fourth-order valence-corrected chi connectivity index (χ4v) is 4.01. The molecule has 2 rings (SSSR count). The third-order valence-electron chi connectivity index (χ3n) is 5.39. The molecule has 0 aliphatic carbocycles. The summed E-state index contributed by atoms with van der Waals surface area (Å²) in [5.74, 6) is -0.137. The molecule has 0 saturated carbocycles. The van der Waals surface area contributed by atoms with Gasteiger partial charge in [0.2, 0.25) is 5.91 Å². The van der Waals surface area contributed by atoms with Gasteiger partial charge in [-0.05, 0) is 43.4 Å². The Balaban J connectivity index is 2.35. The number of likely N-dealkylation sites (tertiary alicyclic amines) is 1. The van der Waals surface area contributed by atoms with Gasteiger partial charge < -0.3 is 9.64 Å². The minimum atomic E-state index is -0.731. The van der Waals surface area contributed by atoms with Gasteiger partial charge >= 0.3 is 0 Å². The molecule has 1 fully saturated rings. The average molecular weight is 379 g/mol. The average Bonchev–Trinajstić information content (AvgIpc) is 2.61. The van der Waals surface area contributed by atoms with E-state index in [1.165, 1.54) is 0 Å². The molecule has 142 valence electrons. The zero-order valence-electron chi connectivity index (χ0n) is 15.6. The number of carbonyl (C=O) groups excluding carboxylic acids is 2. The molecule has 26 heavy (non-hydrogen) atoms. The molecule has 1 aliphatic rings. The van der Waals surface area contributed by atoms with Gasteiger partial charge in [-0.1, -0.05) is 44.5 Å². The Hall–Kier alpha value is -1.88. The normalized spacial score (nSPS) is 23.2. The second kappa shape index (κ2) is 8.67. The van der Waals surface area contributed by atoms with Gasteiger partial charge in [-0.2, -0.15) is 0 Å². The first-order valence-corrected chi connectivity index (χ1v) is 9.50. The lowest BCUT2D eigenvalue weighted by Crippen LogP contribution is -2.53. The lowest BCUT2D eigenvalue weighted by atomic mass is 9.74. The van der Waals surface area contributed by atoms with Gasteiger partial charge in [0.05, 0.1) is 11.5 Å². The molecule has 1 unspecified atom stereocenters. The Labute approximate surface area is 160 Å².